The first-order valence-corrected chi connectivity index (χ1v) is 9.07. The summed E-state index contributed by atoms with van der Waals surface area (Å²) in [5.74, 6) is -0.715. The van der Waals surface area contributed by atoms with Gasteiger partial charge in [0.05, 0.1) is 24.1 Å². The second kappa shape index (κ2) is 8.47. The molecule has 0 spiro atoms. The number of methoxy groups -OCH3 is 1. The fraction of sp³-hybridized carbons (Fsp3) is 0.0952. The molecule has 0 aliphatic carbocycles. The van der Waals surface area contributed by atoms with Gasteiger partial charge in [0.25, 0.3) is 0 Å². The summed E-state index contributed by atoms with van der Waals surface area (Å²) >= 11 is 1.14. The summed E-state index contributed by atoms with van der Waals surface area (Å²) in [6.45, 7) is 0. The summed E-state index contributed by atoms with van der Waals surface area (Å²) < 4.78 is 18.0. The highest BCUT2D eigenvalue weighted by molar-refractivity contribution is 7.99. The van der Waals surface area contributed by atoms with Crippen molar-refractivity contribution in [2.24, 2.45) is 0 Å². The molecular formula is C21H15FN2O2S. The van der Waals surface area contributed by atoms with E-state index in [1.54, 1.807) is 12.1 Å². The van der Waals surface area contributed by atoms with Gasteiger partial charge in [-0.1, -0.05) is 54.2 Å². The Morgan fingerprint density at radius 1 is 1.15 bits per heavy atom. The Bertz CT molecular complexity index is 999. The molecule has 0 amide bonds. The van der Waals surface area contributed by atoms with E-state index >= 15 is 0 Å². The maximum absolute atomic E-state index is 13.3. The Hall–Kier alpha value is -3.17. The van der Waals surface area contributed by atoms with Crippen LogP contribution in [-0.4, -0.2) is 23.8 Å². The van der Waals surface area contributed by atoms with E-state index in [0.29, 0.717) is 27.4 Å². The van der Waals surface area contributed by atoms with Crippen LogP contribution >= 0.6 is 11.8 Å². The molecular weight excluding hydrogens is 363 g/mol. The third-order valence-electron chi connectivity index (χ3n) is 3.88. The van der Waals surface area contributed by atoms with Gasteiger partial charge in [-0.15, -0.1) is 0 Å². The number of nitrogens with zero attached hydrogens (tertiary/aromatic N) is 2. The lowest BCUT2D eigenvalue weighted by molar-refractivity contribution is -0.137. The smallest absolute Gasteiger partial charge is 0.316 e. The Kier molecular flexibility index (Phi) is 5.84. The van der Waals surface area contributed by atoms with E-state index in [9.17, 15) is 14.4 Å². The summed E-state index contributed by atoms with van der Waals surface area (Å²) in [4.78, 5) is 16.1. The van der Waals surface area contributed by atoms with Crippen LogP contribution in [0.5, 0.6) is 0 Å². The molecule has 4 nitrogen and oxygen atoms in total. The Morgan fingerprint density at radius 3 is 2.48 bits per heavy atom. The summed E-state index contributed by atoms with van der Waals surface area (Å²) in [6, 6.07) is 19.4. The van der Waals surface area contributed by atoms with Gasteiger partial charge in [-0.3, -0.25) is 4.79 Å². The quantitative estimate of drug-likeness (QED) is 0.476. The first-order valence-electron chi connectivity index (χ1n) is 8.08. The maximum atomic E-state index is 13.3. The van der Waals surface area contributed by atoms with Gasteiger partial charge in [-0.2, -0.15) is 5.26 Å². The Morgan fingerprint density at radius 2 is 1.85 bits per heavy atom. The molecule has 0 bridgehead atoms. The molecule has 27 heavy (non-hydrogen) atoms. The van der Waals surface area contributed by atoms with Crippen LogP contribution in [0.1, 0.15) is 5.56 Å². The van der Waals surface area contributed by atoms with Crippen molar-refractivity contribution < 1.29 is 13.9 Å². The number of esters is 1. The third-order valence-corrected chi connectivity index (χ3v) is 4.83. The van der Waals surface area contributed by atoms with Crippen LogP contribution in [0, 0.1) is 17.1 Å². The number of nitriles is 1. The van der Waals surface area contributed by atoms with E-state index in [-0.39, 0.29) is 11.6 Å². The molecule has 2 aromatic carbocycles. The number of pyridine rings is 1. The monoisotopic (exact) mass is 378 g/mol. The number of carbonyl (C=O) groups excluding carboxylic acids is 1. The topological polar surface area (TPSA) is 63.0 Å². The molecule has 134 valence electrons. The van der Waals surface area contributed by atoms with Gasteiger partial charge in [-0.25, -0.2) is 9.37 Å². The fourth-order valence-corrected chi connectivity index (χ4v) is 3.37. The van der Waals surface area contributed by atoms with Crippen LogP contribution < -0.4 is 0 Å². The average Bonchev–Trinajstić information content (AvgIpc) is 2.72. The lowest BCUT2D eigenvalue weighted by Crippen LogP contribution is -2.04. The minimum absolute atomic E-state index is 0.0410. The highest BCUT2D eigenvalue weighted by Gasteiger charge is 2.17. The molecule has 0 saturated carbocycles. The molecule has 0 saturated heterocycles. The van der Waals surface area contributed by atoms with Gasteiger partial charge >= 0.3 is 5.97 Å². The van der Waals surface area contributed by atoms with Crippen molar-refractivity contribution >= 4 is 17.7 Å². The zero-order chi connectivity index (χ0) is 19.2. The van der Waals surface area contributed by atoms with E-state index in [4.69, 9.17) is 0 Å². The first kappa shape index (κ1) is 18.6. The SMILES string of the molecule is COC(=O)CSc1nc(-c2ccccc2)cc(-c2ccc(F)cc2)c1C#N. The molecule has 1 heterocycles. The molecule has 0 aliphatic heterocycles. The number of rotatable bonds is 5. The van der Waals surface area contributed by atoms with E-state index in [2.05, 4.69) is 15.8 Å². The molecule has 0 unspecified atom stereocenters. The molecule has 0 radical (unpaired) electrons. The number of thioether (sulfide) groups is 1. The van der Waals surface area contributed by atoms with Crippen molar-refractivity contribution in [3.8, 4) is 28.5 Å². The van der Waals surface area contributed by atoms with Crippen LogP contribution in [-0.2, 0) is 9.53 Å². The van der Waals surface area contributed by atoms with Crippen molar-refractivity contribution in [2.45, 2.75) is 5.03 Å². The van der Waals surface area contributed by atoms with E-state index in [1.165, 1.54) is 19.2 Å². The van der Waals surface area contributed by atoms with Gasteiger partial charge < -0.3 is 4.74 Å². The van der Waals surface area contributed by atoms with Crippen LogP contribution in [0.3, 0.4) is 0 Å². The molecule has 0 aliphatic rings. The second-order valence-electron chi connectivity index (χ2n) is 5.58. The van der Waals surface area contributed by atoms with Crippen LogP contribution in [0.2, 0.25) is 0 Å². The van der Waals surface area contributed by atoms with E-state index in [0.717, 1.165) is 17.3 Å². The van der Waals surface area contributed by atoms with Crippen LogP contribution in [0.15, 0.2) is 65.7 Å². The lowest BCUT2D eigenvalue weighted by atomic mass is 9.99. The van der Waals surface area contributed by atoms with Crippen molar-refractivity contribution in [2.75, 3.05) is 12.9 Å². The Labute approximate surface area is 160 Å². The maximum Gasteiger partial charge on any atom is 0.316 e. The molecule has 0 fully saturated rings. The number of hydrogen-bond donors (Lipinski definition) is 0. The predicted molar refractivity (Wildman–Crippen MR) is 103 cm³/mol. The van der Waals surface area contributed by atoms with E-state index < -0.39 is 5.97 Å². The minimum atomic E-state index is -0.404. The molecule has 6 heteroatoms. The molecule has 0 atom stereocenters. The van der Waals surface area contributed by atoms with Crippen molar-refractivity contribution in [3.05, 3.63) is 72.0 Å². The number of carbonyl (C=O) groups is 1. The van der Waals surface area contributed by atoms with Gasteiger partial charge in [0, 0.05) is 11.1 Å². The van der Waals surface area contributed by atoms with Crippen molar-refractivity contribution in [3.63, 3.8) is 0 Å². The largest absolute Gasteiger partial charge is 0.468 e. The highest BCUT2D eigenvalue weighted by atomic mass is 32.2. The van der Waals surface area contributed by atoms with Crippen molar-refractivity contribution in [1.29, 1.82) is 5.26 Å². The van der Waals surface area contributed by atoms with E-state index in [1.807, 2.05) is 36.4 Å². The number of ether oxygens (including phenoxy) is 1. The lowest BCUT2D eigenvalue weighted by Gasteiger charge is -2.12. The third kappa shape index (κ3) is 4.33. The fourth-order valence-electron chi connectivity index (χ4n) is 2.53. The van der Waals surface area contributed by atoms with Gasteiger partial charge in [0.1, 0.15) is 16.9 Å². The van der Waals surface area contributed by atoms with Gasteiger partial charge in [0.15, 0.2) is 0 Å². The predicted octanol–water partition coefficient (Wildman–Crippen LogP) is 4.69. The van der Waals surface area contributed by atoms with Crippen LogP contribution in [0.4, 0.5) is 4.39 Å². The second-order valence-corrected chi connectivity index (χ2v) is 6.55. The number of benzene rings is 2. The first-order chi connectivity index (χ1) is 13.1. The number of halogens is 1. The Balaban J connectivity index is 2.16. The zero-order valence-corrected chi connectivity index (χ0v) is 15.3. The number of aromatic nitrogens is 1. The molecule has 1 aromatic heterocycles. The summed E-state index contributed by atoms with van der Waals surface area (Å²) in [6.07, 6.45) is 0. The van der Waals surface area contributed by atoms with Crippen molar-refractivity contribution in [1.82, 2.24) is 4.98 Å². The minimum Gasteiger partial charge on any atom is -0.468 e. The number of hydrogen-bond acceptors (Lipinski definition) is 5. The summed E-state index contributed by atoms with van der Waals surface area (Å²) in [5.41, 5.74) is 3.23. The highest BCUT2D eigenvalue weighted by Crippen LogP contribution is 2.34. The standard InChI is InChI=1S/C21H15FN2O2S/c1-26-20(25)13-27-21-18(12-23)17(14-7-9-16(22)10-8-14)11-19(24-21)15-5-3-2-4-6-15/h2-11H,13H2,1H3. The average molecular weight is 378 g/mol. The zero-order valence-electron chi connectivity index (χ0n) is 14.5. The summed E-state index contributed by atoms with van der Waals surface area (Å²) in [7, 11) is 1.31. The normalized spacial score (nSPS) is 10.3. The molecule has 0 N–H and O–H groups in total. The molecule has 3 aromatic rings. The van der Waals surface area contributed by atoms with Gasteiger partial charge in [0.2, 0.25) is 0 Å². The van der Waals surface area contributed by atoms with Gasteiger partial charge in [-0.05, 0) is 23.8 Å². The molecule has 3 rings (SSSR count). The van der Waals surface area contributed by atoms with Crippen LogP contribution in [0.25, 0.3) is 22.4 Å². The summed E-state index contributed by atoms with van der Waals surface area (Å²) in [5, 5.41) is 10.1.